The Hall–Kier alpha value is -3.68. The van der Waals surface area contributed by atoms with Crippen molar-refractivity contribution in [3.63, 3.8) is 0 Å². The van der Waals surface area contributed by atoms with Gasteiger partial charge < -0.3 is 15.2 Å². The molecule has 0 spiro atoms. The van der Waals surface area contributed by atoms with Gasteiger partial charge in [-0.3, -0.25) is 19.1 Å². The average molecular weight is 490 g/mol. The maximum absolute atomic E-state index is 13.5. The predicted molar refractivity (Wildman–Crippen MR) is 141 cm³/mol. The van der Waals surface area contributed by atoms with E-state index < -0.39 is 6.04 Å². The van der Waals surface area contributed by atoms with Crippen LogP contribution < -0.4 is 16.2 Å². The van der Waals surface area contributed by atoms with E-state index in [1.165, 1.54) is 11.1 Å². The van der Waals surface area contributed by atoms with Crippen LogP contribution in [0.25, 0.3) is 11.1 Å². The number of nitrogens with zero attached hydrogens (tertiary/aromatic N) is 3. The fourth-order valence-corrected chi connectivity index (χ4v) is 5.02. The summed E-state index contributed by atoms with van der Waals surface area (Å²) in [5.41, 5.74) is 3.84. The highest BCUT2D eigenvalue weighted by Gasteiger charge is 2.31. The van der Waals surface area contributed by atoms with Gasteiger partial charge in [-0.25, -0.2) is 0 Å². The highest BCUT2D eigenvalue weighted by Crippen LogP contribution is 2.27. The van der Waals surface area contributed by atoms with E-state index in [1.54, 1.807) is 37.0 Å². The molecule has 2 aromatic heterocycles. The normalized spacial score (nSPS) is 15.5. The Balaban J connectivity index is 1.53. The summed E-state index contributed by atoms with van der Waals surface area (Å²) < 4.78 is 3.14. The van der Waals surface area contributed by atoms with Crippen molar-refractivity contribution in [1.29, 1.82) is 0 Å². The maximum Gasteiger partial charge on any atom is 0.270 e. The lowest BCUT2D eigenvalue weighted by molar-refractivity contribution is -0.119. The van der Waals surface area contributed by atoms with Crippen molar-refractivity contribution in [1.82, 2.24) is 19.7 Å². The Labute approximate surface area is 211 Å². The summed E-state index contributed by atoms with van der Waals surface area (Å²) in [6.07, 6.45) is 9.07. The van der Waals surface area contributed by atoms with E-state index in [1.807, 2.05) is 37.3 Å². The van der Waals surface area contributed by atoms with E-state index >= 15 is 0 Å². The molecule has 0 saturated heterocycles. The number of pyridine rings is 1. The predicted octanol–water partition coefficient (Wildman–Crippen LogP) is 4.19. The van der Waals surface area contributed by atoms with Crippen LogP contribution in [0, 0.1) is 12.8 Å². The molecule has 3 aromatic rings. The van der Waals surface area contributed by atoms with Gasteiger partial charge in [-0.15, -0.1) is 0 Å². The summed E-state index contributed by atoms with van der Waals surface area (Å²) >= 11 is 0. The minimum absolute atomic E-state index is 0.0476. The molecule has 0 radical (unpaired) electrons. The summed E-state index contributed by atoms with van der Waals surface area (Å²) in [7, 11) is 3.47. The quantitative estimate of drug-likeness (QED) is 0.542. The fraction of sp³-hybridized carbons (Fsp3) is 0.429. The van der Waals surface area contributed by atoms with E-state index in [9.17, 15) is 14.4 Å². The Morgan fingerprint density at radius 1 is 0.944 bits per heavy atom. The second-order valence-corrected chi connectivity index (χ2v) is 9.69. The molecule has 190 valence electrons. The Morgan fingerprint density at radius 2 is 1.61 bits per heavy atom. The summed E-state index contributed by atoms with van der Waals surface area (Å²) in [5.74, 6) is -0.421. The van der Waals surface area contributed by atoms with Gasteiger partial charge in [0, 0.05) is 43.3 Å². The number of aryl methyl sites for hydroxylation is 1. The molecular weight excluding hydrogens is 454 g/mol. The Bertz CT molecular complexity index is 1270. The molecule has 1 aliphatic rings. The summed E-state index contributed by atoms with van der Waals surface area (Å²) in [6, 6.07) is 12.0. The Morgan fingerprint density at radius 3 is 2.25 bits per heavy atom. The van der Waals surface area contributed by atoms with Crippen LogP contribution >= 0.6 is 0 Å². The van der Waals surface area contributed by atoms with Crippen molar-refractivity contribution >= 4 is 17.5 Å². The molecule has 1 saturated carbocycles. The molecule has 0 aliphatic heterocycles. The third-order valence-corrected chi connectivity index (χ3v) is 7.32. The molecule has 0 bridgehead atoms. The summed E-state index contributed by atoms with van der Waals surface area (Å²) in [4.78, 5) is 38.4. The zero-order valence-corrected chi connectivity index (χ0v) is 21.3. The smallest absolute Gasteiger partial charge is 0.270 e. The van der Waals surface area contributed by atoms with Crippen LogP contribution in [0.3, 0.4) is 0 Å². The SMILES string of the molecule is Cc1c(-c2ccc(NC(=O)C(NC(=O)c3ccnn3C)C3CCCCCCC3)cc2)ccc(=O)n1C. The lowest BCUT2D eigenvalue weighted by Crippen LogP contribution is -2.49. The number of anilines is 1. The van der Waals surface area contributed by atoms with Gasteiger partial charge in [0.25, 0.3) is 5.91 Å². The van der Waals surface area contributed by atoms with E-state index in [-0.39, 0.29) is 23.3 Å². The number of hydrogen-bond acceptors (Lipinski definition) is 4. The topological polar surface area (TPSA) is 98.0 Å². The lowest BCUT2D eigenvalue weighted by atomic mass is 9.85. The van der Waals surface area contributed by atoms with Crippen molar-refractivity contribution < 1.29 is 9.59 Å². The third kappa shape index (κ3) is 5.75. The lowest BCUT2D eigenvalue weighted by Gasteiger charge is -2.28. The van der Waals surface area contributed by atoms with Crippen molar-refractivity contribution in [3.05, 3.63) is 70.4 Å². The third-order valence-electron chi connectivity index (χ3n) is 7.32. The van der Waals surface area contributed by atoms with Gasteiger partial charge >= 0.3 is 0 Å². The zero-order valence-electron chi connectivity index (χ0n) is 21.3. The molecule has 8 nitrogen and oxygen atoms in total. The number of rotatable bonds is 6. The summed E-state index contributed by atoms with van der Waals surface area (Å²) in [6.45, 7) is 1.91. The maximum atomic E-state index is 13.5. The Kier molecular flexibility index (Phi) is 8.03. The molecule has 1 unspecified atom stereocenters. The van der Waals surface area contributed by atoms with Crippen molar-refractivity contribution in [3.8, 4) is 11.1 Å². The molecule has 2 amide bonds. The molecule has 1 aromatic carbocycles. The standard InChI is InChI=1S/C28H35N5O3/c1-19-23(15-16-25(34)32(19)2)20-11-13-22(14-12-20)30-28(36)26(21-9-7-5-4-6-8-10-21)31-27(35)24-17-18-29-33(24)3/h11-18,21,26H,4-10H2,1-3H3,(H,30,36)(H,31,35). The molecule has 8 heteroatoms. The van der Waals surface area contributed by atoms with Crippen LogP contribution in [0.2, 0.25) is 0 Å². The van der Waals surface area contributed by atoms with E-state index in [4.69, 9.17) is 0 Å². The van der Waals surface area contributed by atoms with Gasteiger partial charge in [0.2, 0.25) is 11.5 Å². The van der Waals surface area contributed by atoms with Crippen molar-refractivity contribution in [2.75, 3.05) is 5.32 Å². The van der Waals surface area contributed by atoms with Gasteiger partial charge in [-0.05, 0) is 55.5 Å². The number of hydrogen-bond donors (Lipinski definition) is 2. The zero-order chi connectivity index (χ0) is 25.7. The van der Waals surface area contributed by atoms with Gasteiger partial charge in [0.1, 0.15) is 11.7 Å². The van der Waals surface area contributed by atoms with E-state index in [0.29, 0.717) is 11.4 Å². The molecule has 36 heavy (non-hydrogen) atoms. The number of amides is 2. The molecule has 1 atom stereocenters. The van der Waals surface area contributed by atoms with Crippen LogP contribution in [0.4, 0.5) is 5.69 Å². The second-order valence-electron chi connectivity index (χ2n) is 9.69. The van der Waals surface area contributed by atoms with E-state index in [0.717, 1.165) is 55.3 Å². The first-order valence-electron chi connectivity index (χ1n) is 12.7. The van der Waals surface area contributed by atoms with Gasteiger partial charge in [-0.2, -0.15) is 5.10 Å². The number of carbonyl (C=O) groups excluding carboxylic acids is 2. The second kappa shape index (κ2) is 11.4. The van der Waals surface area contributed by atoms with Crippen molar-refractivity contribution in [2.24, 2.45) is 20.0 Å². The van der Waals surface area contributed by atoms with Crippen LogP contribution in [0.15, 0.2) is 53.5 Å². The fourth-order valence-electron chi connectivity index (χ4n) is 5.02. The van der Waals surface area contributed by atoms with Crippen LogP contribution in [0.5, 0.6) is 0 Å². The first-order chi connectivity index (χ1) is 17.3. The highest BCUT2D eigenvalue weighted by atomic mass is 16.2. The highest BCUT2D eigenvalue weighted by molar-refractivity contribution is 6.00. The van der Waals surface area contributed by atoms with Gasteiger partial charge in [0.15, 0.2) is 0 Å². The number of nitrogens with one attached hydrogen (secondary N) is 2. The van der Waals surface area contributed by atoms with Crippen LogP contribution in [-0.4, -0.2) is 32.2 Å². The molecular formula is C28H35N5O3. The molecule has 1 aliphatic carbocycles. The minimum atomic E-state index is -0.629. The molecule has 1 fully saturated rings. The molecule has 4 rings (SSSR count). The summed E-state index contributed by atoms with van der Waals surface area (Å²) in [5, 5.41) is 10.1. The number of carbonyl (C=O) groups is 2. The van der Waals surface area contributed by atoms with Crippen LogP contribution in [-0.2, 0) is 18.9 Å². The molecule has 2 N–H and O–H groups in total. The van der Waals surface area contributed by atoms with Crippen molar-refractivity contribution in [2.45, 2.75) is 57.9 Å². The van der Waals surface area contributed by atoms with Crippen LogP contribution in [0.1, 0.15) is 61.1 Å². The van der Waals surface area contributed by atoms with E-state index in [2.05, 4.69) is 15.7 Å². The average Bonchev–Trinajstić information content (AvgIpc) is 3.28. The first kappa shape index (κ1) is 25.4. The monoisotopic (exact) mass is 489 g/mol. The minimum Gasteiger partial charge on any atom is -0.339 e. The largest absolute Gasteiger partial charge is 0.339 e. The number of aromatic nitrogens is 3. The van der Waals surface area contributed by atoms with Gasteiger partial charge in [0.05, 0.1) is 0 Å². The molecule has 2 heterocycles. The van der Waals surface area contributed by atoms with Gasteiger partial charge in [-0.1, -0.05) is 44.2 Å². The number of benzene rings is 1. The first-order valence-corrected chi connectivity index (χ1v) is 12.7.